The van der Waals surface area contributed by atoms with E-state index >= 15 is 0 Å². The number of nitrogens with zero attached hydrogens (tertiary/aromatic N) is 2. The molecule has 9 heteroatoms. The van der Waals surface area contributed by atoms with Crippen LogP contribution in [-0.4, -0.2) is 37.5 Å². The Morgan fingerprint density at radius 2 is 1.71 bits per heavy atom. The first-order chi connectivity index (χ1) is 13.5. The highest BCUT2D eigenvalue weighted by molar-refractivity contribution is 5.96. The van der Waals surface area contributed by atoms with E-state index in [2.05, 4.69) is 15.8 Å². The molecule has 9 nitrogen and oxygen atoms in total. The molecule has 2 aromatic rings. The van der Waals surface area contributed by atoms with Gasteiger partial charge in [-0.3, -0.25) is 20.4 Å². The van der Waals surface area contributed by atoms with Gasteiger partial charge < -0.3 is 14.8 Å². The zero-order chi connectivity index (χ0) is 20.5. The maximum atomic E-state index is 12.1. The van der Waals surface area contributed by atoms with Gasteiger partial charge in [0.1, 0.15) is 0 Å². The Morgan fingerprint density at radius 3 is 2.32 bits per heavy atom. The van der Waals surface area contributed by atoms with Crippen molar-refractivity contribution in [3.05, 3.63) is 65.1 Å². The second kappa shape index (κ2) is 9.91. The Bertz CT molecular complexity index is 834. The van der Waals surface area contributed by atoms with Gasteiger partial charge in [0, 0.05) is 36.5 Å². The lowest BCUT2D eigenvalue weighted by molar-refractivity contribution is -0.608. The number of anilines is 1. The van der Waals surface area contributed by atoms with Crippen molar-refractivity contribution in [2.45, 2.75) is 13.8 Å². The Balaban J connectivity index is 1.81. The number of benzene rings is 1. The summed E-state index contributed by atoms with van der Waals surface area (Å²) < 4.78 is 5.08. The summed E-state index contributed by atoms with van der Waals surface area (Å²) in [6.07, 6.45) is 1.14. The summed E-state index contributed by atoms with van der Waals surface area (Å²) in [6, 6.07) is 11.2. The minimum atomic E-state index is -0.941. The molecule has 1 heterocycles. The number of aromatic nitrogens is 1. The molecule has 0 saturated heterocycles. The normalized spacial score (nSPS) is 10.1. The average molecular weight is 386 g/mol. The zero-order valence-electron chi connectivity index (χ0n) is 15.7. The van der Waals surface area contributed by atoms with E-state index in [1.807, 2.05) is 26.0 Å². The Morgan fingerprint density at radius 1 is 1.04 bits per heavy atom. The highest BCUT2D eigenvalue weighted by atomic mass is 16.5. The molecule has 0 aliphatic carbocycles. The van der Waals surface area contributed by atoms with Crippen molar-refractivity contribution in [1.82, 2.24) is 10.9 Å². The molecule has 0 bridgehead atoms. The van der Waals surface area contributed by atoms with Crippen LogP contribution in [0.15, 0.2) is 48.7 Å². The highest BCUT2D eigenvalue weighted by Crippen LogP contribution is 2.14. The van der Waals surface area contributed by atoms with Crippen LogP contribution in [0.25, 0.3) is 0 Å². The molecule has 2 amide bonds. The van der Waals surface area contributed by atoms with Crippen molar-refractivity contribution in [3.63, 3.8) is 0 Å². The van der Waals surface area contributed by atoms with E-state index in [0.29, 0.717) is 10.3 Å². The van der Waals surface area contributed by atoms with Gasteiger partial charge in [-0.05, 0) is 44.2 Å². The molecule has 28 heavy (non-hydrogen) atoms. The lowest BCUT2D eigenvalue weighted by Crippen LogP contribution is -2.44. The van der Waals surface area contributed by atoms with Crippen LogP contribution in [0.3, 0.4) is 0 Å². The van der Waals surface area contributed by atoms with Crippen molar-refractivity contribution in [1.29, 1.82) is 0 Å². The fourth-order valence-corrected chi connectivity index (χ4v) is 2.44. The maximum Gasteiger partial charge on any atom is 0.405 e. The van der Waals surface area contributed by atoms with E-state index in [-0.39, 0.29) is 5.69 Å². The van der Waals surface area contributed by atoms with E-state index in [1.165, 1.54) is 18.2 Å². The second-order valence-electron chi connectivity index (χ2n) is 5.71. The summed E-state index contributed by atoms with van der Waals surface area (Å²) in [5, 5.41) is 11.4. The molecule has 1 aromatic carbocycles. The van der Waals surface area contributed by atoms with Gasteiger partial charge in [-0.25, -0.2) is 4.79 Å². The second-order valence-corrected chi connectivity index (χ2v) is 5.71. The van der Waals surface area contributed by atoms with E-state index in [1.54, 1.807) is 12.1 Å². The van der Waals surface area contributed by atoms with Crippen molar-refractivity contribution >= 4 is 23.5 Å². The third kappa shape index (κ3) is 5.44. The first kappa shape index (κ1) is 20.7. The largest absolute Gasteiger partial charge is 0.618 e. The molecule has 1 aromatic heterocycles. The summed E-state index contributed by atoms with van der Waals surface area (Å²) >= 11 is 0. The van der Waals surface area contributed by atoms with Crippen LogP contribution in [0.2, 0.25) is 0 Å². The predicted octanol–water partition coefficient (Wildman–Crippen LogP) is 0.784. The molecule has 0 fully saturated rings. The summed E-state index contributed by atoms with van der Waals surface area (Å²) in [5.74, 6) is -2.19. The van der Waals surface area contributed by atoms with Crippen molar-refractivity contribution in [2.24, 2.45) is 0 Å². The third-order valence-corrected chi connectivity index (χ3v) is 3.94. The summed E-state index contributed by atoms with van der Waals surface area (Å²) in [7, 11) is 0. The third-order valence-electron chi connectivity index (χ3n) is 3.94. The molecule has 0 spiro atoms. The van der Waals surface area contributed by atoms with Crippen LogP contribution in [0.5, 0.6) is 0 Å². The number of ether oxygens (including phenoxy) is 1. The van der Waals surface area contributed by atoms with Crippen molar-refractivity contribution < 1.29 is 23.9 Å². The highest BCUT2D eigenvalue weighted by Gasteiger charge is 2.18. The van der Waals surface area contributed by atoms with Crippen LogP contribution in [0.1, 0.15) is 34.7 Å². The van der Waals surface area contributed by atoms with Crippen LogP contribution in [-0.2, 0) is 9.53 Å². The molecule has 2 N–H and O–H groups in total. The monoisotopic (exact) mass is 386 g/mol. The fourth-order valence-electron chi connectivity index (χ4n) is 2.44. The van der Waals surface area contributed by atoms with Crippen molar-refractivity contribution in [3.8, 4) is 0 Å². The Hall–Kier alpha value is -3.62. The number of amides is 2. The number of hydrogen-bond acceptors (Lipinski definition) is 6. The van der Waals surface area contributed by atoms with Crippen molar-refractivity contribution in [2.75, 3.05) is 24.6 Å². The SMILES string of the molecule is CCN(CC)c1ccc(C(=O)NNC(=O)COC(=O)c2cccc[n+]2[O-])cc1. The van der Waals surface area contributed by atoms with E-state index in [4.69, 9.17) is 4.74 Å². The van der Waals surface area contributed by atoms with Gasteiger partial charge in [0.2, 0.25) is 0 Å². The van der Waals surface area contributed by atoms with Crippen LogP contribution in [0.4, 0.5) is 5.69 Å². The number of rotatable bonds is 7. The molecule has 0 saturated carbocycles. The zero-order valence-corrected chi connectivity index (χ0v) is 15.7. The standard InChI is InChI=1S/C19H22N4O5/c1-3-22(4-2)15-10-8-14(9-11-15)18(25)21-20-17(24)13-28-19(26)16-7-5-6-12-23(16)27/h5-12H,3-4,13H2,1-2H3,(H,20,24)(H,21,25). The van der Waals surface area contributed by atoms with Crippen LogP contribution < -0.4 is 20.5 Å². The fraction of sp³-hybridized carbons (Fsp3) is 0.263. The molecule has 148 valence electrons. The number of hydrogen-bond donors (Lipinski definition) is 2. The van der Waals surface area contributed by atoms with Gasteiger partial charge in [0.05, 0.1) is 0 Å². The molecule has 0 aliphatic heterocycles. The summed E-state index contributed by atoms with van der Waals surface area (Å²) in [5.41, 5.74) is 5.51. The lowest BCUT2D eigenvalue weighted by Gasteiger charge is -2.21. The topological polar surface area (TPSA) is 115 Å². The molecular weight excluding hydrogens is 364 g/mol. The summed E-state index contributed by atoms with van der Waals surface area (Å²) in [6.45, 7) is 5.15. The number of nitrogens with one attached hydrogen (secondary N) is 2. The van der Waals surface area contributed by atoms with E-state index < -0.39 is 24.4 Å². The summed E-state index contributed by atoms with van der Waals surface area (Å²) in [4.78, 5) is 37.7. The Labute approximate surface area is 162 Å². The first-order valence-corrected chi connectivity index (χ1v) is 8.75. The number of pyridine rings is 1. The number of carbonyl (C=O) groups is 3. The quantitative estimate of drug-likeness (QED) is 0.315. The molecule has 0 atom stereocenters. The molecular formula is C19H22N4O5. The molecule has 2 rings (SSSR count). The van der Waals surface area contributed by atoms with Crippen LogP contribution in [0, 0.1) is 5.21 Å². The number of hydrazine groups is 1. The molecule has 0 aliphatic rings. The number of esters is 1. The first-order valence-electron chi connectivity index (χ1n) is 8.75. The van der Waals surface area contributed by atoms with Gasteiger partial charge in [-0.15, -0.1) is 0 Å². The van der Waals surface area contributed by atoms with E-state index in [0.717, 1.165) is 25.0 Å². The molecule has 0 unspecified atom stereocenters. The van der Waals surface area contributed by atoms with Gasteiger partial charge in [-0.2, -0.15) is 4.73 Å². The van der Waals surface area contributed by atoms with Gasteiger partial charge in [0.25, 0.3) is 11.8 Å². The lowest BCUT2D eigenvalue weighted by atomic mass is 10.2. The number of carbonyl (C=O) groups excluding carboxylic acids is 3. The maximum absolute atomic E-state index is 12.1. The minimum Gasteiger partial charge on any atom is -0.618 e. The smallest absolute Gasteiger partial charge is 0.405 e. The van der Waals surface area contributed by atoms with E-state index in [9.17, 15) is 19.6 Å². The van der Waals surface area contributed by atoms with Crippen LogP contribution >= 0.6 is 0 Å². The molecule has 0 radical (unpaired) electrons. The average Bonchev–Trinajstić information content (AvgIpc) is 2.72. The van der Waals surface area contributed by atoms with Gasteiger partial charge in [0.15, 0.2) is 12.8 Å². The van der Waals surface area contributed by atoms with Gasteiger partial charge >= 0.3 is 11.7 Å². The predicted molar refractivity (Wildman–Crippen MR) is 101 cm³/mol. The van der Waals surface area contributed by atoms with Gasteiger partial charge in [-0.1, -0.05) is 0 Å². The Kier molecular flexibility index (Phi) is 7.32. The minimum absolute atomic E-state index is 0.243.